The van der Waals surface area contributed by atoms with E-state index in [1.807, 2.05) is 36.5 Å². The summed E-state index contributed by atoms with van der Waals surface area (Å²) in [4.78, 5) is 3.98. The Morgan fingerprint density at radius 3 is 2.75 bits per heavy atom. The molecule has 20 heavy (non-hydrogen) atoms. The summed E-state index contributed by atoms with van der Waals surface area (Å²) in [7, 11) is 2.12. The van der Waals surface area contributed by atoms with Crippen LogP contribution in [0.15, 0.2) is 36.5 Å². The third-order valence-electron chi connectivity index (χ3n) is 3.91. The Bertz CT molecular complexity index is 546. The van der Waals surface area contributed by atoms with Crippen LogP contribution in [-0.4, -0.2) is 39.5 Å². The van der Waals surface area contributed by atoms with E-state index in [2.05, 4.69) is 22.1 Å². The molecule has 0 spiro atoms. The van der Waals surface area contributed by atoms with Crippen LogP contribution in [0.1, 0.15) is 18.5 Å². The average Bonchev–Trinajstić information content (AvgIpc) is 3.19. The van der Waals surface area contributed by atoms with E-state index in [9.17, 15) is 0 Å². The second kappa shape index (κ2) is 5.73. The maximum absolute atomic E-state index is 5.88. The van der Waals surface area contributed by atoms with E-state index in [1.165, 1.54) is 12.8 Å². The highest BCUT2D eigenvalue weighted by Crippen LogP contribution is 2.34. The first-order valence-electron chi connectivity index (χ1n) is 7.15. The van der Waals surface area contributed by atoms with Crippen molar-refractivity contribution in [3.8, 4) is 5.69 Å². The van der Waals surface area contributed by atoms with Gasteiger partial charge in [0.25, 0.3) is 0 Å². The maximum Gasteiger partial charge on any atom is 0.0971 e. The standard InChI is InChI=1S/C15H21N5/c1-19(15(9-16)12-7-8-12)11-13-10-17-20(18-13)14-5-3-2-4-6-14/h2-6,10,12,15H,7-9,11,16H2,1H3. The lowest BCUT2D eigenvalue weighted by molar-refractivity contribution is 0.213. The highest BCUT2D eigenvalue weighted by molar-refractivity contribution is 5.28. The summed E-state index contributed by atoms with van der Waals surface area (Å²) in [5.74, 6) is 0.772. The minimum Gasteiger partial charge on any atom is -0.329 e. The van der Waals surface area contributed by atoms with Crippen LogP contribution < -0.4 is 5.73 Å². The first-order chi connectivity index (χ1) is 9.78. The lowest BCUT2D eigenvalue weighted by Gasteiger charge is -2.25. The Labute approximate surface area is 119 Å². The van der Waals surface area contributed by atoms with Crippen molar-refractivity contribution in [1.82, 2.24) is 19.9 Å². The molecule has 2 N–H and O–H groups in total. The molecule has 5 nitrogen and oxygen atoms in total. The fourth-order valence-corrected chi connectivity index (χ4v) is 2.64. The number of hydrogen-bond acceptors (Lipinski definition) is 4. The first kappa shape index (κ1) is 13.3. The van der Waals surface area contributed by atoms with Gasteiger partial charge in [0.05, 0.1) is 17.6 Å². The largest absolute Gasteiger partial charge is 0.329 e. The van der Waals surface area contributed by atoms with Gasteiger partial charge >= 0.3 is 0 Å². The lowest BCUT2D eigenvalue weighted by atomic mass is 10.1. The molecule has 1 aliphatic carbocycles. The van der Waals surface area contributed by atoms with Gasteiger partial charge in [-0.3, -0.25) is 4.90 Å². The molecule has 1 fully saturated rings. The summed E-state index contributed by atoms with van der Waals surface area (Å²) in [6, 6.07) is 10.4. The van der Waals surface area contributed by atoms with Gasteiger partial charge in [-0.25, -0.2) is 0 Å². The van der Waals surface area contributed by atoms with Crippen LogP contribution in [0.25, 0.3) is 5.69 Å². The smallest absolute Gasteiger partial charge is 0.0971 e. The molecule has 0 aliphatic heterocycles. The van der Waals surface area contributed by atoms with Gasteiger partial charge in [0, 0.05) is 19.1 Å². The maximum atomic E-state index is 5.88. The predicted octanol–water partition coefficient (Wildman–Crippen LogP) is 1.44. The molecule has 1 atom stereocenters. The number of aromatic nitrogens is 3. The Morgan fingerprint density at radius 2 is 2.10 bits per heavy atom. The minimum atomic E-state index is 0.469. The highest BCUT2D eigenvalue weighted by Gasteiger charge is 2.32. The number of hydrogen-bond donors (Lipinski definition) is 1. The van der Waals surface area contributed by atoms with Gasteiger partial charge in [0.15, 0.2) is 0 Å². The van der Waals surface area contributed by atoms with E-state index in [-0.39, 0.29) is 0 Å². The van der Waals surface area contributed by atoms with Crippen LogP contribution >= 0.6 is 0 Å². The molecule has 106 valence electrons. The monoisotopic (exact) mass is 271 g/mol. The number of likely N-dealkylation sites (N-methyl/N-ethyl adjacent to an activating group) is 1. The van der Waals surface area contributed by atoms with Crippen LogP contribution in [0, 0.1) is 5.92 Å². The minimum absolute atomic E-state index is 0.469. The zero-order chi connectivity index (χ0) is 13.9. The molecule has 0 saturated heterocycles. The normalized spacial score (nSPS) is 16.6. The number of nitrogens with two attached hydrogens (primary N) is 1. The Morgan fingerprint density at radius 1 is 1.35 bits per heavy atom. The van der Waals surface area contributed by atoms with E-state index < -0.39 is 0 Å². The molecule has 0 bridgehead atoms. The van der Waals surface area contributed by atoms with Crippen molar-refractivity contribution >= 4 is 0 Å². The Hall–Kier alpha value is -1.72. The van der Waals surface area contributed by atoms with Crippen LogP contribution in [0.4, 0.5) is 0 Å². The molecule has 1 saturated carbocycles. The van der Waals surface area contributed by atoms with Crippen LogP contribution in [0.2, 0.25) is 0 Å². The molecular weight excluding hydrogens is 250 g/mol. The van der Waals surface area contributed by atoms with Crippen molar-refractivity contribution in [3.63, 3.8) is 0 Å². The van der Waals surface area contributed by atoms with Crippen molar-refractivity contribution in [3.05, 3.63) is 42.2 Å². The van der Waals surface area contributed by atoms with Gasteiger partial charge in [-0.2, -0.15) is 15.0 Å². The van der Waals surface area contributed by atoms with Crippen molar-refractivity contribution in [1.29, 1.82) is 0 Å². The summed E-state index contributed by atoms with van der Waals surface area (Å²) in [6.45, 7) is 1.51. The van der Waals surface area contributed by atoms with Crippen molar-refractivity contribution in [2.24, 2.45) is 11.7 Å². The van der Waals surface area contributed by atoms with Crippen molar-refractivity contribution in [2.45, 2.75) is 25.4 Å². The molecule has 2 aromatic rings. The average molecular weight is 271 g/mol. The molecule has 0 amide bonds. The summed E-state index contributed by atoms with van der Waals surface area (Å²) < 4.78 is 0. The zero-order valence-corrected chi connectivity index (χ0v) is 11.8. The van der Waals surface area contributed by atoms with E-state index in [0.717, 1.165) is 23.8 Å². The van der Waals surface area contributed by atoms with Gasteiger partial charge in [0.2, 0.25) is 0 Å². The fraction of sp³-hybridized carbons (Fsp3) is 0.467. The predicted molar refractivity (Wildman–Crippen MR) is 78.4 cm³/mol. The van der Waals surface area contributed by atoms with Gasteiger partial charge in [-0.05, 0) is 37.9 Å². The van der Waals surface area contributed by atoms with E-state index in [1.54, 1.807) is 4.80 Å². The van der Waals surface area contributed by atoms with Crippen molar-refractivity contribution < 1.29 is 0 Å². The molecule has 1 aliphatic rings. The molecule has 1 aromatic carbocycles. The Balaban J connectivity index is 1.68. The number of nitrogens with zero attached hydrogens (tertiary/aromatic N) is 4. The summed E-state index contributed by atoms with van der Waals surface area (Å²) in [5, 5.41) is 8.87. The molecule has 1 aromatic heterocycles. The summed E-state index contributed by atoms with van der Waals surface area (Å²) in [5.41, 5.74) is 7.85. The number of rotatable bonds is 6. The highest BCUT2D eigenvalue weighted by atomic mass is 15.5. The molecule has 5 heteroatoms. The summed E-state index contributed by atoms with van der Waals surface area (Å²) in [6.07, 6.45) is 4.45. The van der Waals surface area contributed by atoms with Gasteiger partial charge in [0.1, 0.15) is 0 Å². The second-order valence-corrected chi connectivity index (χ2v) is 5.52. The summed E-state index contributed by atoms with van der Waals surface area (Å²) >= 11 is 0. The topological polar surface area (TPSA) is 60.0 Å². The molecular formula is C15H21N5. The van der Waals surface area contributed by atoms with Crippen LogP contribution in [0.5, 0.6) is 0 Å². The fourth-order valence-electron chi connectivity index (χ4n) is 2.64. The molecule has 1 unspecified atom stereocenters. The third-order valence-corrected chi connectivity index (χ3v) is 3.91. The first-order valence-corrected chi connectivity index (χ1v) is 7.15. The van der Waals surface area contributed by atoms with E-state index in [4.69, 9.17) is 5.73 Å². The van der Waals surface area contributed by atoms with Gasteiger partial charge in [-0.15, -0.1) is 0 Å². The SMILES string of the molecule is CN(Cc1cnn(-c2ccccc2)n1)C(CN)C1CC1. The Kier molecular flexibility index (Phi) is 3.80. The number of benzene rings is 1. The molecule has 1 heterocycles. The molecule has 3 rings (SSSR count). The van der Waals surface area contributed by atoms with Crippen LogP contribution in [-0.2, 0) is 6.54 Å². The van der Waals surface area contributed by atoms with Gasteiger partial charge in [-0.1, -0.05) is 18.2 Å². The lowest BCUT2D eigenvalue weighted by Crippen LogP contribution is -2.39. The van der Waals surface area contributed by atoms with Crippen molar-refractivity contribution in [2.75, 3.05) is 13.6 Å². The second-order valence-electron chi connectivity index (χ2n) is 5.52. The number of para-hydroxylation sites is 1. The third kappa shape index (κ3) is 2.89. The van der Waals surface area contributed by atoms with Gasteiger partial charge < -0.3 is 5.73 Å². The van der Waals surface area contributed by atoms with E-state index >= 15 is 0 Å². The zero-order valence-electron chi connectivity index (χ0n) is 11.8. The molecule has 0 radical (unpaired) electrons. The van der Waals surface area contributed by atoms with E-state index in [0.29, 0.717) is 12.6 Å². The van der Waals surface area contributed by atoms with Crippen LogP contribution in [0.3, 0.4) is 0 Å². The quantitative estimate of drug-likeness (QED) is 0.863.